The number of methoxy groups -OCH3 is 1. The zero-order chi connectivity index (χ0) is 15.2. The Labute approximate surface area is 126 Å². The molecule has 0 aliphatic heterocycles. The molecule has 1 amide bonds. The molecule has 4 nitrogen and oxygen atoms in total. The van der Waals surface area contributed by atoms with Gasteiger partial charge in [-0.1, -0.05) is 6.92 Å². The van der Waals surface area contributed by atoms with E-state index in [0.717, 1.165) is 18.8 Å². The van der Waals surface area contributed by atoms with E-state index in [1.807, 2.05) is 6.92 Å². The summed E-state index contributed by atoms with van der Waals surface area (Å²) in [6, 6.07) is 5.62. The van der Waals surface area contributed by atoms with Crippen molar-refractivity contribution in [3.8, 4) is 11.5 Å². The van der Waals surface area contributed by atoms with E-state index < -0.39 is 0 Å². The molecule has 2 rings (SSSR count). The Bertz CT molecular complexity index is 479. The van der Waals surface area contributed by atoms with Crippen LogP contribution in [0.2, 0.25) is 0 Å². The van der Waals surface area contributed by atoms with Crippen molar-refractivity contribution in [2.75, 3.05) is 13.7 Å². The van der Waals surface area contributed by atoms with Gasteiger partial charge in [0, 0.05) is 11.6 Å². The summed E-state index contributed by atoms with van der Waals surface area (Å²) in [4.78, 5) is 12.3. The Hall–Kier alpha value is -1.71. The smallest absolute Gasteiger partial charge is 0.251 e. The molecule has 0 radical (unpaired) electrons. The van der Waals surface area contributed by atoms with E-state index in [1.54, 1.807) is 25.3 Å². The topological polar surface area (TPSA) is 47.6 Å². The number of hydrogen-bond acceptors (Lipinski definition) is 3. The van der Waals surface area contributed by atoms with Crippen LogP contribution in [0.5, 0.6) is 11.5 Å². The Balaban J connectivity index is 2.02. The number of carbonyl (C=O) groups is 1. The van der Waals surface area contributed by atoms with Gasteiger partial charge in [0.05, 0.1) is 13.7 Å². The van der Waals surface area contributed by atoms with Crippen LogP contribution in [0.3, 0.4) is 0 Å². The molecule has 1 aromatic carbocycles. The van der Waals surface area contributed by atoms with Crippen LogP contribution in [0.4, 0.5) is 0 Å². The molecule has 1 aromatic rings. The summed E-state index contributed by atoms with van der Waals surface area (Å²) in [6.07, 6.45) is 4.53. The van der Waals surface area contributed by atoms with Gasteiger partial charge in [0.2, 0.25) is 0 Å². The van der Waals surface area contributed by atoms with Gasteiger partial charge in [-0.3, -0.25) is 4.79 Å². The maximum absolute atomic E-state index is 12.3. The van der Waals surface area contributed by atoms with Gasteiger partial charge in [0.15, 0.2) is 11.5 Å². The lowest BCUT2D eigenvalue weighted by Gasteiger charge is -2.27. The summed E-state index contributed by atoms with van der Waals surface area (Å²) in [5, 5.41) is 3.12. The molecule has 1 fully saturated rings. The number of benzene rings is 1. The van der Waals surface area contributed by atoms with Crippen molar-refractivity contribution in [1.29, 1.82) is 0 Å². The second-order valence-corrected chi connectivity index (χ2v) is 5.73. The second kappa shape index (κ2) is 7.34. The maximum atomic E-state index is 12.3. The minimum atomic E-state index is -0.0316. The molecule has 1 aliphatic rings. The van der Waals surface area contributed by atoms with E-state index in [0.29, 0.717) is 29.7 Å². The summed E-state index contributed by atoms with van der Waals surface area (Å²) < 4.78 is 10.8. The molecule has 4 heteroatoms. The first-order chi connectivity index (χ1) is 10.1. The number of rotatable bonds is 5. The normalized spacial score (nSPS) is 21.7. The lowest BCUT2D eigenvalue weighted by Crippen LogP contribution is -2.37. The Morgan fingerprint density at radius 2 is 1.95 bits per heavy atom. The van der Waals surface area contributed by atoms with Crippen molar-refractivity contribution in [2.45, 2.75) is 45.6 Å². The molecule has 0 atom stereocenters. The van der Waals surface area contributed by atoms with E-state index in [1.165, 1.54) is 12.8 Å². The highest BCUT2D eigenvalue weighted by atomic mass is 16.5. The molecule has 0 saturated heterocycles. The van der Waals surface area contributed by atoms with Crippen molar-refractivity contribution in [2.24, 2.45) is 5.92 Å². The van der Waals surface area contributed by atoms with E-state index in [4.69, 9.17) is 9.47 Å². The fourth-order valence-electron chi connectivity index (χ4n) is 2.76. The lowest BCUT2D eigenvalue weighted by atomic mass is 9.87. The quantitative estimate of drug-likeness (QED) is 0.904. The minimum Gasteiger partial charge on any atom is -0.493 e. The van der Waals surface area contributed by atoms with Crippen molar-refractivity contribution in [3.63, 3.8) is 0 Å². The van der Waals surface area contributed by atoms with E-state index in [-0.39, 0.29) is 5.91 Å². The molecular formula is C17H25NO3. The van der Waals surface area contributed by atoms with Gasteiger partial charge >= 0.3 is 0 Å². The zero-order valence-corrected chi connectivity index (χ0v) is 13.1. The molecule has 21 heavy (non-hydrogen) atoms. The first kappa shape index (κ1) is 15.7. The van der Waals surface area contributed by atoms with E-state index >= 15 is 0 Å². The zero-order valence-electron chi connectivity index (χ0n) is 13.1. The number of ether oxygens (including phenoxy) is 2. The number of hydrogen-bond donors (Lipinski definition) is 1. The Kier molecular flexibility index (Phi) is 5.48. The molecule has 1 aliphatic carbocycles. The van der Waals surface area contributed by atoms with Crippen molar-refractivity contribution in [3.05, 3.63) is 23.8 Å². The molecule has 0 heterocycles. The summed E-state index contributed by atoms with van der Waals surface area (Å²) in [5.74, 6) is 2.02. The molecule has 0 unspecified atom stereocenters. The predicted molar refractivity (Wildman–Crippen MR) is 83.0 cm³/mol. The van der Waals surface area contributed by atoms with Crippen LogP contribution >= 0.6 is 0 Å². The predicted octanol–water partition coefficient (Wildman–Crippen LogP) is 3.40. The van der Waals surface area contributed by atoms with Gasteiger partial charge < -0.3 is 14.8 Å². The van der Waals surface area contributed by atoms with Crippen molar-refractivity contribution < 1.29 is 14.3 Å². The summed E-state index contributed by atoms with van der Waals surface area (Å²) in [5.41, 5.74) is 0.619. The Morgan fingerprint density at radius 1 is 1.24 bits per heavy atom. The third-order valence-electron chi connectivity index (χ3n) is 4.08. The lowest BCUT2D eigenvalue weighted by molar-refractivity contribution is 0.0922. The molecule has 1 N–H and O–H groups in total. The maximum Gasteiger partial charge on any atom is 0.251 e. The molecule has 0 bridgehead atoms. The third kappa shape index (κ3) is 4.13. The van der Waals surface area contributed by atoms with E-state index in [2.05, 4.69) is 12.2 Å². The number of nitrogens with one attached hydrogen (secondary N) is 1. The van der Waals surface area contributed by atoms with Crippen LogP contribution in [0.15, 0.2) is 18.2 Å². The van der Waals surface area contributed by atoms with Gasteiger partial charge in [-0.2, -0.15) is 0 Å². The molecule has 116 valence electrons. The average Bonchev–Trinajstić information content (AvgIpc) is 2.50. The van der Waals surface area contributed by atoms with Crippen LogP contribution in [-0.4, -0.2) is 25.7 Å². The fourth-order valence-corrected chi connectivity index (χ4v) is 2.76. The molecule has 0 aromatic heterocycles. The standard InChI is InChI=1S/C17H25NO3/c1-4-21-15-10-7-13(11-16(15)20-3)17(19)18-14-8-5-12(2)6-9-14/h7,10-12,14H,4-6,8-9H2,1-3H3,(H,18,19). The number of carbonyl (C=O) groups excluding carboxylic acids is 1. The highest BCUT2D eigenvalue weighted by molar-refractivity contribution is 5.95. The van der Waals surface area contributed by atoms with Crippen LogP contribution < -0.4 is 14.8 Å². The van der Waals surface area contributed by atoms with Crippen LogP contribution in [0.1, 0.15) is 49.9 Å². The van der Waals surface area contributed by atoms with Crippen molar-refractivity contribution >= 4 is 5.91 Å². The largest absolute Gasteiger partial charge is 0.493 e. The summed E-state index contributed by atoms with van der Waals surface area (Å²) >= 11 is 0. The monoisotopic (exact) mass is 291 g/mol. The summed E-state index contributed by atoms with van der Waals surface area (Å²) in [6.45, 7) is 4.77. The fraction of sp³-hybridized carbons (Fsp3) is 0.588. The van der Waals surface area contributed by atoms with Gasteiger partial charge in [-0.25, -0.2) is 0 Å². The molecule has 1 saturated carbocycles. The second-order valence-electron chi connectivity index (χ2n) is 5.73. The number of amides is 1. The SMILES string of the molecule is CCOc1ccc(C(=O)NC2CCC(C)CC2)cc1OC. The molecule has 0 spiro atoms. The van der Waals surface area contributed by atoms with E-state index in [9.17, 15) is 4.79 Å². The first-order valence-electron chi connectivity index (χ1n) is 7.75. The first-order valence-corrected chi connectivity index (χ1v) is 7.75. The summed E-state index contributed by atoms with van der Waals surface area (Å²) in [7, 11) is 1.59. The van der Waals surface area contributed by atoms with Gasteiger partial charge in [-0.15, -0.1) is 0 Å². The van der Waals surface area contributed by atoms with Gasteiger partial charge in [-0.05, 0) is 56.7 Å². The average molecular weight is 291 g/mol. The van der Waals surface area contributed by atoms with Gasteiger partial charge in [0.25, 0.3) is 5.91 Å². The van der Waals surface area contributed by atoms with Crippen LogP contribution in [0, 0.1) is 5.92 Å². The van der Waals surface area contributed by atoms with Crippen LogP contribution in [-0.2, 0) is 0 Å². The van der Waals surface area contributed by atoms with Crippen molar-refractivity contribution in [1.82, 2.24) is 5.32 Å². The Morgan fingerprint density at radius 3 is 2.57 bits per heavy atom. The third-order valence-corrected chi connectivity index (χ3v) is 4.08. The van der Waals surface area contributed by atoms with Crippen LogP contribution in [0.25, 0.3) is 0 Å². The highest BCUT2D eigenvalue weighted by Gasteiger charge is 2.20. The minimum absolute atomic E-state index is 0.0316. The molecular weight excluding hydrogens is 266 g/mol. The highest BCUT2D eigenvalue weighted by Crippen LogP contribution is 2.28. The van der Waals surface area contributed by atoms with Gasteiger partial charge in [0.1, 0.15) is 0 Å².